The first-order valence-electron chi connectivity index (χ1n) is 41.0. The van der Waals surface area contributed by atoms with E-state index in [1.807, 2.05) is 21.1 Å². The monoisotopic (exact) mass is 1360 g/mol. The molecular formula is C86H157NO8P+. The van der Waals surface area contributed by atoms with E-state index in [1.54, 1.807) is 0 Å². The molecule has 0 aliphatic rings. The lowest BCUT2D eigenvalue weighted by Gasteiger charge is -2.24. The van der Waals surface area contributed by atoms with E-state index in [2.05, 4.69) is 111 Å². The highest BCUT2D eigenvalue weighted by Crippen LogP contribution is 2.43. The number of allylic oxidation sites excluding steroid dienone is 16. The molecule has 0 radical (unpaired) electrons. The number of carbonyl (C=O) groups is 2. The highest BCUT2D eigenvalue weighted by Gasteiger charge is 2.27. The minimum absolute atomic E-state index is 0.0312. The number of phosphoric ester groups is 1. The number of esters is 2. The summed E-state index contributed by atoms with van der Waals surface area (Å²) in [5.74, 6) is -0.781. The van der Waals surface area contributed by atoms with Crippen LogP contribution in [0.3, 0.4) is 0 Å². The van der Waals surface area contributed by atoms with E-state index in [0.29, 0.717) is 23.9 Å². The summed E-state index contributed by atoms with van der Waals surface area (Å²) < 4.78 is 34.8. The van der Waals surface area contributed by atoms with Crippen molar-refractivity contribution in [1.29, 1.82) is 0 Å². The minimum Gasteiger partial charge on any atom is -0.462 e. The maximum atomic E-state index is 12.9. The average Bonchev–Trinajstić information content (AvgIpc) is 1.97. The topological polar surface area (TPSA) is 108 Å². The Hall–Kier alpha value is -3.07. The lowest BCUT2D eigenvalue weighted by Crippen LogP contribution is -2.37. The number of nitrogens with zero attached hydrogens (tertiary/aromatic N) is 1. The maximum Gasteiger partial charge on any atom is 0.472 e. The second kappa shape index (κ2) is 76.1. The first-order valence-corrected chi connectivity index (χ1v) is 42.5. The molecule has 0 aliphatic carbocycles. The summed E-state index contributed by atoms with van der Waals surface area (Å²) in [6.45, 7) is 4.36. The number of quaternary nitrogens is 1. The van der Waals surface area contributed by atoms with E-state index in [0.717, 1.165) is 77.0 Å². The predicted molar refractivity (Wildman–Crippen MR) is 418 cm³/mol. The van der Waals surface area contributed by atoms with Crippen molar-refractivity contribution < 1.29 is 42.1 Å². The third-order valence-corrected chi connectivity index (χ3v) is 19.1. The number of ether oxygens (including phenoxy) is 2. The standard InChI is InChI=1S/C86H156NO8P/c1-6-8-10-12-14-16-18-20-22-24-26-28-30-32-34-36-38-39-40-41-42-43-44-45-46-47-49-50-52-54-56-58-60-62-64-66-68-70-72-74-76-78-85(88)92-82-84(83-94-96(90,91)93-81-80-87(3,4)5)95-86(89)79-77-75-73-71-69-67-65-63-61-59-57-55-53-51-48-37-35-33-31-29-27-25-23-21-19-17-15-13-11-9-7-2/h9,11,15,17-18,20-21,23-24,26-27,29-30,32-33,35,84H,6-8,10,12-14,16,19,22,25,28,31,34,36-83H2,1-5H3/p+1/b11-9-,17-15-,20-18-,23-21-,26-24-,29-27-,32-30-,35-33-. The molecule has 0 fully saturated rings. The molecule has 0 saturated heterocycles. The van der Waals surface area contributed by atoms with Gasteiger partial charge in [-0.1, -0.05) is 374 Å². The van der Waals surface area contributed by atoms with Crippen LogP contribution >= 0.6 is 7.82 Å². The van der Waals surface area contributed by atoms with Crippen LogP contribution in [0.1, 0.15) is 386 Å². The van der Waals surface area contributed by atoms with Gasteiger partial charge in [0.15, 0.2) is 6.10 Å². The van der Waals surface area contributed by atoms with Gasteiger partial charge in [-0.15, -0.1) is 0 Å². The Morgan fingerprint density at radius 1 is 0.333 bits per heavy atom. The number of rotatable bonds is 76. The Morgan fingerprint density at radius 3 is 0.885 bits per heavy atom. The molecule has 0 rings (SSSR count). The smallest absolute Gasteiger partial charge is 0.462 e. The summed E-state index contributed by atoms with van der Waals surface area (Å²) in [6.07, 6.45) is 107. The first kappa shape index (κ1) is 92.9. The molecule has 558 valence electrons. The first-order chi connectivity index (χ1) is 47.0. The van der Waals surface area contributed by atoms with Crippen LogP contribution in [0, 0.1) is 0 Å². The van der Waals surface area contributed by atoms with E-state index >= 15 is 0 Å². The van der Waals surface area contributed by atoms with E-state index in [9.17, 15) is 19.0 Å². The molecule has 0 spiro atoms. The molecule has 2 unspecified atom stereocenters. The van der Waals surface area contributed by atoms with Crippen molar-refractivity contribution >= 4 is 19.8 Å². The van der Waals surface area contributed by atoms with Crippen LogP contribution < -0.4 is 0 Å². The van der Waals surface area contributed by atoms with Crippen molar-refractivity contribution in [2.45, 2.75) is 392 Å². The quantitative estimate of drug-likeness (QED) is 0.0211. The van der Waals surface area contributed by atoms with Crippen LogP contribution in [0.15, 0.2) is 97.2 Å². The van der Waals surface area contributed by atoms with Crippen molar-refractivity contribution in [3.63, 3.8) is 0 Å². The molecule has 1 N–H and O–H groups in total. The highest BCUT2D eigenvalue weighted by atomic mass is 31.2. The molecule has 0 aromatic rings. The second-order valence-electron chi connectivity index (χ2n) is 28.8. The third-order valence-electron chi connectivity index (χ3n) is 18.1. The lowest BCUT2D eigenvalue weighted by atomic mass is 10.0. The summed E-state index contributed by atoms with van der Waals surface area (Å²) in [5.41, 5.74) is 0. The van der Waals surface area contributed by atoms with Crippen molar-refractivity contribution in [2.75, 3.05) is 47.5 Å². The number of phosphoric acid groups is 1. The number of hydrogen-bond donors (Lipinski definition) is 1. The summed E-state index contributed by atoms with van der Waals surface area (Å²) >= 11 is 0. The summed E-state index contributed by atoms with van der Waals surface area (Å²) in [6, 6.07) is 0. The average molecular weight is 1360 g/mol. The fourth-order valence-corrected chi connectivity index (χ4v) is 12.6. The van der Waals surface area contributed by atoms with Gasteiger partial charge in [0.2, 0.25) is 0 Å². The highest BCUT2D eigenvalue weighted by molar-refractivity contribution is 7.47. The van der Waals surface area contributed by atoms with E-state index < -0.39 is 26.5 Å². The number of carbonyl (C=O) groups excluding carboxylic acids is 2. The zero-order valence-electron chi connectivity index (χ0n) is 63.9. The third kappa shape index (κ3) is 79.9. The largest absolute Gasteiger partial charge is 0.472 e. The fourth-order valence-electron chi connectivity index (χ4n) is 11.9. The molecule has 2 atom stereocenters. The Kier molecular flexibility index (Phi) is 73.7. The lowest BCUT2D eigenvalue weighted by molar-refractivity contribution is -0.870. The minimum atomic E-state index is -4.40. The Labute approximate surface area is 595 Å². The van der Waals surface area contributed by atoms with Crippen molar-refractivity contribution in [3.05, 3.63) is 97.2 Å². The van der Waals surface area contributed by atoms with E-state index in [4.69, 9.17) is 18.5 Å². The van der Waals surface area contributed by atoms with Gasteiger partial charge >= 0.3 is 19.8 Å². The zero-order chi connectivity index (χ0) is 69.7. The molecule has 0 aromatic heterocycles. The molecule has 0 heterocycles. The number of hydrogen-bond acceptors (Lipinski definition) is 7. The molecule has 0 aromatic carbocycles. The molecule has 0 amide bonds. The predicted octanol–water partition coefficient (Wildman–Crippen LogP) is 27.4. The van der Waals surface area contributed by atoms with Crippen molar-refractivity contribution in [3.8, 4) is 0 Å². The Morgan fingerprint density at radius 2 is 0.594 bits per heavy atom. The Balaban J connectivity index is 3.90. The molecule has 0 saturated carbocycles. The van der Waals surface area contributed by atoms with Crippen LogP contribution in [0.2, 0.25) is 0 Å². The van der Waals surface area contributed by atoms with Gasteiger partial charge in [0.25, 0.3) is 0 Å². The Bertz CT molecular complexity index is 1940. The van der Waals surface area contributed by atoms with Crippen LogP contribution in [-0.4, -0.2) is 74.9 Å². The van der Waals surface area contributed by atoms with Crippen molar-refractivity contribution in [2.24, 2.45) is 0 Å². The van der Waals surface area contributed by atoms with Gasteiger partial charge < -0.3 is 18.9 Å². The van der Waals surface area contributed by atoms with E-state index in [-0.39, 0.29) is 25.6 Å². The molecule has 96 heavy (non-hydrogen) atoms. The summed E-state index contributed by atoms with van der Waals surface area (Å²) in [5, 5.41) is 0. The van der Waals surface area contributed by atoms with Crippen molar-refractivity contribution in [1.82, 2.24) is 0 Å². The second-order valence-corrected chi connectivity index (χ2v) is 30.2. The normalized spacial score (nSPS) is 13.5. The van der Waals surface area contributed by atoms with Crippen LogP contribution in [0.4, 0.5) is 0 Å². The van der Waals surface area contributed by atoms with Gasteiger partial charge in [-0.05, 0) is 96.3 Å². The van der Waals surface area contributed by atoms with E-state index in [1.165, 1.54) is 276 Å². The molecule has 0 bridgehead atoms. The maximum absolute atomic E-state index is 12.9. The van der Waals surface area contributed by atoms with Gasteiger partial charge in [0, 0.05) is 12.8 Å². The van der Waals surface area contributed by atoms with Crippen LogP contribution in [0.25, 0.3) is 0 Å². The van der Waals surface area contributed by atoms with Gasteiger partial charge in [-0.2, -0.15) is 0 Å². The van der Waals surface area contributed by atoms with Gasteiger partial charge in [0.1, 0.15) is 19.8 Å². The van der Waals surface area contributed by atoms with Crippen LogP contribution in [-0.2, 0) is 32.7 Å². The summed E-state index contributed by atoms with van der Waals surface area (Å²) in [7, 11) is 1.49. The molecular weight excluding hydrogens is 1210 g/mol. The molecule has 0 aliphatic heterocycles. The molecule has 9 nitrogen and oxygen atoms in total. The number of unbranched alkanes of at least 4 members (excludes halogenated alkanes) is 46. The van der Waals surface area contributed by atoms with Gasteiger partial charge in [-0.3, -0.25) is 18.6 Å². The van der Waals surface area contributed by atoms with Gasteiger partial charge in [0.05, 0.1) is 27.7 Å². The SMILES string of the molecule is CC/C=C\C/C=C\C/C=C\C/C=C\C/C=C\CCCCCCCCCCCCCCCCCC(=O)OC(COC(=O)CCCCCCCCCCCCCCCCCCCCCCCCCCCC/C=C\C/C=C\C/C=C\CCCCCCC)COP(=O)(O)OCC[N+](C)(C)C. The zero-order valence-corrected chi connectivity index (χ0v) is 64.7. The summed E-state index contributed by atoms with van der Waals surface area (Å²) in [4.78, 5) is 36.0. The van der Waals surface area contributed by atoms with Gasteiger partial charge in [-0.25, -0.2) is 4.57 Å². The molecule has 10 heteroatoms. The fraction of sp³-hybridized carbons (Fsp3) is 0.791. The number of likely N-dealkylation sites (N-methyl/N-ethyl adjacent to an activating group) is 1. The van der Waals surface area contributed by atoms with Crippen LogP contribution in [0.5, 0.6) is 0 Å².